The van der Waals surface area contributed by atoms with Gasteiger partial charge in [0.25, 0.3) is 0 Å². The standard InChI is InChI=1S/C30H33NO4/c1-30(21-25-10-6-3-7-11-25)22-26-20-24(12-14-27(26)35-30)13-15-28(32)31(19-17-29(33)34)18-16-23-8-4-2-5-9-23/h2-12,14,20H,13,15-19,21-22H2,1H3,(H,33,34)/t30-/m0/s1. The van der Waals surface area contributed by atoms with E-state index < -0.39 is 5.97 Å². The van der Waals surface area contributed by atoms with Gasteiger partial charge in [-0.2, -0.15) is 0 Å². The minimum atomic E-state index is -0.889. The van der Waals surface area contributed by atoms with Gasteiger partial charge in [-0.1, -0.05) is 72.8 Å². The fourth-order valence-electron chi connectivity index (χ4n) is 4.77. The molecule has 0 unspecified atom stereocenters. The van der Waals surface area contributed by atoms with E-state index in [0.717, 1.165) is 29.7 Å². The Morgan fingerprint density at radius 3 is 2.23 bits per heavy atom. The van der Waals surface area contributed by atoms with Gasteiger partial charge >= 0.3 is 5.97 Å². The summed E-state index contributed by atoms with van der Waals surface area (Å²) in [6, 6.07) is 26.5. The molecule has 0 spiro atoms. The molecule has 0 saturated heterocycles. The second-order valence-corrected chi connectivity index (χ2v) is 9.59. The van der Waals surface area contributed by atoms with Crippen LogP contribution < -0.4 is 4.74 Å². The Morgan fingerprint density at radius 1 is 0.857 bits per heavy atom. The largest absolute Gasteiger partial charge is 0.487 e. The van der Waals surface area contributed by atoms with E-state index in [-0.39, 0.29) is 24.5 Å². The number of benzene rings is 3. The molecule has 182 valence electrons. The zero-order valence-electron chi connectivity index (χ0n) is 20.3. The highest BCUT2D eigenvalue weighted by molar-refractivity contribution is 5.77. The molecule has 0 bridgehead atoms. The molecule has 0 radical (unpaired) electrons. The van der Waals surface area contributed by atoms with Crippen LogP contribution in [0.4, 0.5) is 0 Å². The molecule has 3 aromatic carbocycles. The lowest BCUT2D eigenvalue weighted by atomic mass is 9.91. The number of fused-ring (bicyclic) bond motifs is 1. The van der Waals surface area contributed by atoms with Crippen molar-refractivity contribution in [1.82, 2.24) is 4.90 Å². The number of carbonyl (C=O) groups is 2. The van der Waals surface area contributed by atoms with E-state index in [4.69, 9.17) is 9.84 Å². The van der Waals surface area contributed by atoms with Crippen LogP contribution in [0, 0.1) is 0 Å². The molecule has 1 atom stereocenters. The molecule has 0 saturated carbocycles. The smallest absolute Gasteiger partial charge is 0.305 e. The molecular weight excluding hydrogens is 438 g/mol. The molecule has 0 aliphatic carbocycles. The highest BCUT2D eigenvalue weighted by Gasteiger charge is 2.35. The van der Waals surface area contributed by atoms with Gasteiger partial charge in [-0.05, 0) is 48.1 Å². The zero-order chi connectivity index (χ0) is 24.7. The number of carboxylic acid groups (broad SMARTS) is 1. The molecule has 1 heterocycles. The minimum absolute atomic E-state index is 0.00662. The number of hydrogen-bond acceptors (Lipinski definition) is 3. The molecule has 5 nitrogen and oxygen atoms in total. The van der Waals surface area contributed by atoms with Crippen molar-refractivity contribution in [3.63, 3.8) is 0 Å². The molecule has 35 heavy (non-hydrogen) atoms. The lowest BCUT2D eigenvalue weighted by Crippen LogP contribution is -2.35. The van der Waals surface area contributed by atoms with Crippen LogP contribution in [0.15, 0.2) is 78.9 Å². The van der Waals surface area contributed by atoms with Crippen molar-refractivity contribution in [3.8, 4) is 5.75 Å². The Balaban J connectivity index is 1.35. The molecule has 0 fully saturated rings. The van der Waals surface area contributed by atoms with Crippen LogP contribution >= 0.6 is 0 Å². The monoisotopic (exact) mass is 471 g/mol. The number of aryl methyl sites for hydroxylation is 1. The second-order valence-electron chi connectivity index (χ2n) is 9.59. The summed E-state index contributed by atoms with van der Waals surface area (Å²) in [5, 5.41) is 9.11. The number of nitrogens with zero attached hydrogens (tertiary/aromatic N) is 1. The van der Waals surface area contributed by atoms with Gasteiger partial charge in [0.1, 0.15) is 11.4 Å². The van der Waals surface area contributed by atoms with Crippen LogP contribution in [-0.2, 0) is 35.3 Å². The fourth-order valence-corrected chi connectivity index (χ4v) is 4.77. The van der Waals surface area contributed by atoms with Crippen molar-refractivity contribution in [2.75, 3.05) is 13.1 Å². The third-order valence-electron chi connectivity index (χ3n) is 6.56. The van der Waals surface area contributed by atoms with Gasteiger partial charge in [0.15, 0.2) is 0 Å². The van der Waals surface area contributed by atoms with Crippen LogP contribution in [0.25, 0.3) is 0 Å². The van der Waals surface area contributed by atoms with E-state index in [1.54, 1.807) is 4.90 Å². The van der Waals surface area contributed by atoms with Crippen molar-refractivity contribution in [1.29, 1.82) is 0 Å². The van der Waals surface area contributed by atoms with Gasteiger partial charge in [0.05, 0.1) is 6.42 Å². The molecule has 1 N–H and O–H groups in total. The summed E-state index contributed by atoms with van der Waals surface area (Å²) < 4.78 is 6.31. The maximum atomic E-state index is 13.0. The van der Waals surface area contributed by atoms with Gasteiger partial charge in [-0.25, -0.2) is 0 Å². The number of carbonyl (C=O) groups excluding carboxylic acids is 1. The highest BCUT2D eigenvalue weighted by Crippen LogP contribution is 2.37. The topological polar surface area (TPSA) is 66.8 Å². The predicted molar refractivity (Wildman–Crippen MR) is 137 cm³/mol. The fraction of sp³-hybridized carbons (Fsp3) is 0.333. The molecule has 3 aromatic rings. The van der Waals surface area contributed by atoms with E-state index in [0.29, 0.717) is 25.8 Å². The molecule has 1 amide bonds. The highest BCUT2D eigenvalue weighted by atomic mass is 16.5. The minimum Gasteiger partial charge on any atom is -0.487 e. The normalized spacial score (nSPS) is 16.4. The van der Waals surface area contributed by atoms with Crippen molar-refractivity contribution >= 4 is 11.9 Å². The van der Waals surface area contributed by atoms with Crippen LogP contribution in [0.1, 0.15) is 42.0 Å². The Hall–Kier alpha value is -3.60. The quantitative estimate of drug-likeness (QED) is 0.422. The summed E-state index contributed by atoms with van der Waals surface area (Å²) in [5.41, 5.74) is 4.40. The van der Waals surface area contributed by atoms with Crippen molar-refractivity contribution in [2.45, 2.75) is 51.0 Å². The van der Waals surface area contributed by atoms with Crippen molar-refractivity contribution in [2.24, 2.45) is 0 Å². The van der Waals surface area contributed by atoms with Crippen LogP contribution in [0.2, 0.25) is 0 Å². The number of carboxylic acids is 1. The summed E-state index contributed by atoms with van der Waals surface area (Å²) in [7, 11) is 0. The maximum absolute atomic E-state index is 13.0. The molecule has 5 heteroatoms. The molecular formula is C30H33NO4. The van der Waals surface area contributed by atoms with E-state index in [1.165, 1.54) is 11.1 Å². The predicted octanol–water partition coefficient (Wildman–Crippen LogP) is 5.10. The first-order valence-electron chi connectivity index (χ1n) is 12.3. The second kappa shape index (κ2) is 11.2. The summed E-state index contributed by atoms with van der Waals surface area (Å²) in [4.78, 5) is 25.8. The Morgan fingerprint density at radius 2 is 1.54 bits per heavy atom. The lowest BCUT2D eigenvalue weighted by Gasteiger charge is -2.24. The van der Waals surface area contributed by atoms with Gasteiger partial charge < -0.3 is 14.7 Å². The third kappa shape index (κ3) is 6.95. The molecule has 0 aromatic heterocycles. The van der Waals surface area contributed by atoms with Crippen molar-refractivity contribution < 1.29 is 19.4 Å². The van der Waals surface area contributed by atoms with Gasteiger partial charge in [0.2, 0.25) is 5.91 Å². The van der Waals surface area contributed by atoms with Crippen LogP contribution in [0.5, 0.6) is 5.75 Å². The SMILES string of the molecule is C[C@]1(Cc2ccccc2)Cc2cc(CCC(=O)N(CCC(=O)O)CCc3ccccc3)ccc2O1. The first kappa shape index (κ1) is 24.5. The van der Waals surface area contributed by atoms with E-state index in [2.05, 4.69) is 37.3 Å². The van der Waals surface area contributed by atoms with Gasteiger partial charge in [-0.15, -0.1) is 0 Å². The summed E-state index contributed by atoms with van der Waals surface area (Å²) in [5.74, 6) is 0.0250. The van der Waals surface area contributed by atoms with Crippen molar-refractivity contribution in [3.05, 3.63) is 101 Å². The van der Waals surface area contributed by atoms with E-state index in [9.17, 15) is 9.59 Å². The average molecular weight is 472 g/mol. The van der Waals surface area contributed by atoms with E-state index >= 15 is 0 Å². The van der Waals surface area contributed by atoms with E-state index in [1.807, 2.05) is 48.5 Å². The molecule has 1 aliphatic rings. The summed E-state index contributed by atoms with van der Waals surface area (Å²) in [6.07, 6.45) is 3.32. The maximum Gasteiger partial charge on any atom is 0.305 e. The number of amides is 1. The lowest BCUT2D eigenvalue weighted by molar-refractivity contribution is -0.138. The first-order chi connectivity index (χ1) is 16.9. The zero-order valence-corrected chi connectivity index (χ0v) is 20.3. The van der Waals surface area contributed by atoms with Gasteiger partial charge in [-0.3, -0.25) is 9.59 Å². The average Bonchev–Trinajstić information content (AvgIpc) is 3.18. The third-order valence-corrected chi connectivity index (χ3v) is 6.56. The number of hydrogen-bond donors (Lipinski definition) is 1. The summed E-state index contributed by atoms with van der Waals surface area (Å²) in [6.45, 7) is 2.90. The molecule has 1 aliphatic heterocycles. The Kier molecular flexibility index (Phi) is 7.86. The van der Waals surface area contributed by atoms with Gasteiger partial charge in [0, 0.05) is 32.4 Å². The number of aliphatic carboxylic acids is 1. The van der Waals surface area contributed by atoms with Crippen LogP contribution in [0.3, 0.4) is 0 Å². The first-order valence-corrected chi connectivity index (χ1v) is 12.3. The Bertz CT molecular complexity index is 1150. The van der Waals surface area contributed by atoms with Crippen LogP contribution in [-0.4, -0.2) is 40.6 Å². The Labute approximate surface area is 207 Å². The number of ether oxygens (including phenoxy) is 1. The number of rotatable bonds is 11. The summed E-state index contributed by atoms with van der Waals surface area (Å²) >= 11 is 0. The molecule has 4 rings (SSSR count).